The molecule has 0 aromatic carbocycles. The van der Waals surface area contributed by atoms with Gasteiger partial charge in [0.2, 0.25) is 0 Å². The van der Waals surface area contributed by atoms with Crippen molar-refractivity contribution in [2.75, 3.05) is 6.61 Å². The molecule has 0 spiro atoms. The van der Waals surface area contributed by atoms with Crippen LogP contribution in [0.25, 0.3) is 0 Å². The van der Waals surface area contributed by atoms with Crippen LogP contribution in [0.3, 0.4) is 0 Å². The maximum atomic E-state index is 10.3. The van der Waals surface area contributed by atoms with Crippen LogP contribution in [0.4, 0.5) is 0 Å². The standard InChI is InChI=1S/C5H8O2/c1-4(6)5-2-3-7-5/h5H,2-3H2,1H3/t5-/m1/s1. The van der Waals surface area contributed by atoms with Crippen LogP contribution in [0, 0.1) is 0 Å². The largest absolute Gasteiger partial charge is 0.370 e. The van der Waals surface area contributed by atoms with Crippen molar-refractivity contribution >= 4 is 5.78 Å². The van der Waals surface area contributed by atoms with Gasteiger partial charge >= 0.3 is 0 Å². The van der Waals surface area contributed by atoms with Gasteiger partial charge in [-0.2, -0.15) is 0 Å². The smallest absolute Gasteiger partial charge is 0.158 e. The Bertz CT molecular complexity index is 84.1. The van der Waals surface area contributed by atoms with Crippen LogP contribution in [-0.4, -0.2) is 18.5 Å². The van der Waals surface area contributed by atoms with Gasteiger partial charge in [-0.3, -0.25) is 4.79 Å². The van der Waals surface area contributed by atoms with E-state index in [9.17, 15) is 4.79 Å². The minimum Gasteiger partial charge on any atom is -0.370 e. The summed E-state index contributed by atoms with van der Waals surface area (Å²) >= 11 is 0. The van der Waals surface area contributed by atoms with Crippen molar-refractivity contribution in [1.29, 1.82) is 0 Å². The molecule has 2 heteroatoms. The first-order valence-electron chi connectivity index (χ1n) is 2.43. The second-order valence-electron chi connectivity index (χ2n) is 1.76. The Labute approximate surface area is 42.5 Å². The van der Waals surface area contributed by atoms with Crippen LogP contribution < -0.4 is 0 Å². The summed E-state index contributed by atoms with van der Waals surface area (Å²) < 4.78 is 4.84. The van der Waals surface area contributed by atoms with E-state index in [-0.39, 0.29) is 11.9 Å². The fourth-order valence-electron chi connectivity index (χ4n) is 0.556. The fraction of sp³-hybridized carbons (Fsp3) is 0.800. The number of Topliss-reactive ketones (excluding diaryl/α,β-unsaturated/α-hetero) is 1. The van der Waals surface area contributed by atoms with Crippen LogP contribution in [-0.2, 0) is 9.53 Å². The number of rotatable bonds is 1. The molecule has 2 nitrogen and oxygen atoms in total. The topological polar surface area (TPSA) is 26.3 Å². The zero-order valence-electron chi connectivity index (χ0n) is 4.31. The molecule has 0 amide bonds. The number of ketones is 1. The monoisotopic (exact) mass is 100 g/mol. The molecule has 0 unspecified atom stereocenters. The van der Waals surface area contributed by atoms with E-state index >= 15 is 0 Å². The highest BCUT2D eigenvalue weighted by atomic mass is 16.5. The van der Waals surface area contributed by atoms with E-state index in [2.05, 4.69) is 0 Å². The quantitative estimate of drug-likeness (QED) is 0.475. The van der Waals surface area contributed by atoms with Crippen molar-refractivity contribution in [3.8, 4) is 0 Å². The Hall–Kier alpha value is -0.370. The second kappa shape index (κ2) is 1.62. The molecule has 1 aliphatic heterocycles. The third-order valence-corrected chi connectivity index (χ3v) is 1.15. The van der Waals surface area contributed by atoms with E-state index in [1.165, 1.54) is 0 Å². The minimum absolute atomic E-state index is 0.0556. The van der Waals surface area contributed by atoms with Gasteiger partial charge in [0, 0.05) is 6.42 Å². The minimum atomic E-state index is -0.0556. The molecule has 40 valence electrons. The first-order chi connectivity index (χ1) is 3.30. The van der Waals surface area contributed by atoms with Crippen molar-refractivity contribution in [2.24, 2.45) is 0 Å². The highest BCUT2D eigenvalue weighted by molar-refractivity contribution is 5.80. The maximum Gasteiger partial charge on any atom is 0.158 e. The molecule has 0 N–H and O–H groups in total. The highest BCUT2D eigenvalue weighted by Gasteiger charge is 2.21. The Morgan fingerprint density at radius 3 is 2.43 bits per heavy atom. The molecule has 0 aliphatic carbocycles. The molecule has 0 aromatic heterocycles. The average Bonchev–Trinajstić information content (AvgIpc) is 1.23. The zero-order chi connectivity index (χ0) is 5.28. The van der Waals surface area contributed by atoms with Gasteiger partial charge in [-0.25, -0.2) is 0 Å². The van der Waals surface area contributed by atoms with Crippen LogP contribution in [0.2, 0.25) is 0 Å². The fourth-order valence-corrected chi connectivity index (χ4v) is 0.556. The van der Waals surface area contributed by atoms with Gasteiger partial charge in [0.05, 0.1) is 6.61 Å². The lowest BCUT2D eigenvalue weighted by molar-refractivity contribution is -0.140. The van der Waals surface area contributed by atoms with E-state index in [0.717, 1.165) is 13.0 Å². The molecule has 1 heterocycles. The summed E-state index contributed by atoms with van der Waals surface area (Å²) in [5.41, 5.74) is 0. The van der Waals surface area contributed by atoms with Crippen molar-refractivity contribution in [1.82, 2.24) is 0 Å². The first kappa shape index (κ1) is 4.78. The molecule has 7 heavy (non-hydrogen) atoms. The number of carbonyl (C=O) groups is 1. The van der Waals surface area contributed by atoms with Crippen LogP contribution in [0.15, 0.2) is 0 Å². The lowest BCUT2D eigenvalue weighted by atomic mass is 10.1. The molecule has 0 bridgehead atoms. The van der Waals surface area contributed by atoms with Gasteiger partial charge < -0.3 is 4.74 Å². The summed E-state index contributed by atoms with van der Waals surface area (Å²) in [7, 11) is 0. The summed E-state index contributed by atoms with van der Waals surface area (Å²) in [6.45, 7) is 2.33. The van der Waals surface area contributed by atoms with Crippen molar-refractivity contribution in [3.63, 3.8) is 0 Å². The lowest BCUT2D eigenvalue weighted by Gasteiger charge is -2.22. The molecule has 0 saturated carbocycles. The summed E-state index contributed by atoms with van der Waals surface area (Å²) in [6, 6.07) is 0. The zero-order valence-corrected chi connectivity index (χ0v) is 4.31. The highest BCUT2D eigenvalue weighted by Crippen LogP contribution is 2.10. The van der Waals surface area contributed by atoms with Crippen molar-refractivity contribution in [2.45, 2.75) is 19.4 Å². The number of hydrogen-bond donors (Lipinski definition) is 0. The van der Waals surface area contributed by atoms with E-state index in [1.807, 2.05) is 0 Å². The van der Waals surface area contributed by atoms with E-state index in [0.29, 0.717) is 0 Å². The summed E-state index contributed by atoms with van der Waals surface area (Å²) in [5.74, 6) is 0.159. The second-order valence-corrected chi connectivity index (χ2v) is 1.76. The van der Waals surface area contributed by atoms with Gasteiger partial charge in [-0.1, -0.05) is 0 Å². The molecular formula is C5H8O2. The van der Waals surface area contributed by atoms with Crippen molar-refractivity contribution < 1.29 is 9.53 Å². The van der Waals surface area contributed by atoms with Crippen LogP contribution in [0.1, 0.15) is 13.3 Å². The summed E-state index contributed by atoms with van der Waals surface area (Å²) in [4.78, 5) is 10.3. The number of ether oxygens (including phenoxy) is 1. The lowest BCUT2D eigenvalue weighted by Crippen LogP contribution is -2.32. The molecular weight excluding hydrogens is 92.1 g/mol. The van der Waals surface area contributed by atoms with E-state index < -0.39 is 0 Å². The van der Waals surface area contributed by atoms with Gasteiger partial charge in [-0.15, -0.1) is 0 Å². The van der Waals surface area contributed by atoms with Crippen LogP contribution in [0.5, 0.6) is 0 Å². The number of carbonyl (C=O) groups excluding carboxylic acids is 1. The molecule has 1 aliphatic rings. The summed E-state index contributed by atoms with van der Waals surface area (Å²) in [6.07, 6.45) is 0.870. The molecule has 1 atom stereocenters. The normalized spacial score (nSPS) is 29.0. The van der Waals surface area contributed by atoms with E-state index in [1.54, 1.807) is 6.92 Å². The third kappa shape index (κ3) is 0.800. The van der Waals surface area contributed by atoms with E-state index in [4.69, 9.17) is 4.74 Å². The molecule has 1 saturated heterocycles. The van der Waals surface area contributed by atoms with Gasteiger partial charge in [0.15, 0.2) is 5.78 Å². The Morgan fingerprint density at radius 2 is 2.43 bits per heavy atom. The Balaban J connectivity index is 2.27. The summed E-state index contributed by atoms with van der Waals surface area (Å²) in [5, 5.41) is 0. The van der Waals surface area contributed by atoms with Crippen LogP contribution >= 0.6 is 0 Å². The Morgan fingerprint density at radius 1 is 1.86 bits per heavy atom. The molecule has 1 rings (SSSR count). The SMILES string of the molecule is CC(=O)[C@H]1CCO1. The third-order valence-electron chi connectivity index (χ3n) is 1.15. The predicted octanol–water partition coefficient (Wildman–Crippen LogP) is 0.364. The predicted molar refractivity (Wildman–Crippen MR) is 25.0 cm³/mol. The van der Waals surface area contributed by atoms with Gasteiger partial charge in [0.1, 0.15) is 6.10 Å². The molecule has 1 fully saturated rings. The Kier molecular flexibility index (Phi) is 1.11. The molecule has 0 radical (unpaired) electrons. The maximum absolute atomic E-state index is 10.3. The molecule has 0 aromatic rings. The number of hydrogen-bond acceptors (Lipinski definition) is 2. The van der Waals surface area contributed by atoms with Gasteiger partial charge in [-0.05, 0) is 6.92 Å². The first-order valence-corrected chi connectivity index (χ1v) is 2.43. The van der Waals surface area contributed by atoms with Gasteiger partial charge in [0.25, 0.3) is 0 Å². The average molecular weight is 100 g/mol. The van der Waals surface area contributed by atoms with Crippen molar-refractivity contribution in [3.05, 3.63) is 0 Å².